The number of hydrogen-bond donors (Lipinski definition) is 1. The van der Waals surface area contributed by atoms with Crippen LogP contribution in [0.1, 0.15) is 43.7 Å². The first-order valence-corrected chi connectivity index (χ1v) is 9.32. The van der Waals surface area contributed by atoms with Crippen LogP contribution < -0.4 is 5.32 Å². The molecule has 144 valence electrons. The van der Waals surface area contributed by atoms with Gasteiger partial charge < -0.3 is 9.84 Å². The summed E-state index contributed by atoms with van der Waals surface area (Å²) < 4.78 is 18.5. The fourth-order valence-electron chi connectivity index (χ4n) is 3.31. The maximum atomic E-state index is 13.1. The molecule has 2 heterocycles. The van der Waals surface area contributed by atoms with E-state index in [0.717, 1.165) is 17.5 Å². The van der Waals surface area contributed by atoms with Crippen molar-refractivity contribution >= 4 is 5.91 Å². The zero-order valence-corrected chi connectivity index (χ0v) is 15.7. The van der Waals surface area contributed by atoms with Crippen LogP contribution >= 0.6 is 0 Å². The van der Waals surface area contributed by atoms with Crippen LogP contribution in [0.4, 0.5) is 4.39 Å². The molecule has 0 saturated heterocycles. The SMILES string of the molecule is CC(C)C(NC(=O)C1CC1c1ccc(F)cc1)c1nc(-c2cccnc2)no1. The molecule has 0 aliphatic heterocycles. The summed E-state index contributed by atoms with van der Waals surface area (Å²) in [7, 11) is 0. The Kier molecular flexibility index (Phi) is 4.90. The highest BCUT2D eigenvalue weighted by molar-refractivity contribution is 5.83. The highest BCUT2D eigenvalue weighted by Crippen LogP contribution is 2.47. The summed E-state index contributed by atoms with van der Waals surface area (Å²) in [6, 6.07) is 9.62. The summed E-state index contributed by atoms with van der Waals surface area (Å²) in [5, 5.41) is 7.06. The Balaban J connectivity index is 1.45. The number of nitrogens with one attached hydrogen (secondary N) is 1. The number of halogens is 1. The van der Waals surface area contributed by atoms with Gasteiger partial charge in [0, 0.05) is 23.9 Å². The molecule has 7 heteroatoms. The minimum absolute atomic E-state index is 0.0471. The summed E-state index contributed by atoms with van der Waals surface area (Å²) in [5.74, 6) is 0.587. The van der Waals surface area contributed by atoms with E-state index >= 15 is 0 Å². The predicted molar refractivity (Wildman–Crippen MR) is 100 cm³/mol. The molecule has 28 heavy (non-hydrogen) atoms. The molecule has 6 nitrogen and oxygen atoms in total. The van der Waals surface area contributed by atoms with Crippen LogP contribution in [0.25, 0.3) is 11.4 Å². The number of amides is 1. The smallest absolute Gasteiger partial charge is 0.249 e. The highest BCUT2D eigenvalue weighted by atomic mass is 19.1. The third-order valence-corrected chi connectivity index (χ3v) is 5.02. The molecular weight excluding hydrogens is 359 g/mol. The van der Waals surface area contributed by atoms with Gasteiger partial charge in [-0.1, -0.05) is 31.1 Å². The number of carbonyl (C=O) groups excluding carboxylic acids is 1. The van der Waals surface area contributed by atoms with Gasteiger partial charge in [0.15, 0.2) is 0 Å². The number of carbonyl (C=O) groups is 1. The van der Waals surface area contributed by atoms with Gasteiger partial charge in [0.25, 0.3) is 0 Å². The monoisotopic (exact) mass is 380 g/mol. The molecule has 0 bridgehead atoms. The molecule has 1 amide bonds. The predicted octanol–water partition coefficient (Wildman–Crippen LogP) is 3.89. The summed E-state index contributed by atoms with van der Waals surface area (Å²) in [6.07, 6.45) is 4.09. The maximum absolute atomic E-state index is 13.1. The summed E-state index contributed by atoms with van der Waals surface area (Å²) in [5.41, 5.74) is 1.74. The topological polar surface area (TPSA) is 80.9 Å². The summed E-state index contributed by atoms with van der Waals surface area (Å²) in [4.78, 5) is 21.2. The van der Waals surface area contributed by atoms with E-state index in [-0.39, 0.29) is 35.5 Å². The minimum Gasteiger partial charge on any atom is -0.344 e. The fraction of sp³-hybridized carbons (Fsp3) is 0.333. The number of pyridine rings is 1. The molecule has 0 radical (unpaired) electrons. The molecule has 3 unspecified atom stereocenters. The Morgan fingerprint density at radius 1 is 1.25 bits per heavy atom. The summed E-state index contributed by atoms with van der Waals surface area (Å²) in [6.45, 7) is 3.98. The van der Waals surface area contributed by atoms with Crippen molar-refractivity contribution < 1.29 is 13.7 Å². The molecule has 1 fully saturated rings. The van der Waals surface area contributed by atoms with Crippen molar-refractivity contribution in [3.05, 3.63) is 66.1 Å². The molecule has 1 saturated carbocycles. The number of aromatic nitrogens is 3. The lowest BCUT2D eigenvalue weighted by Gasteiger charge is -2.18. The van der Waals surface area contributed by atoms with Gasteiger partial charge in [-0.25, -0.2) is 4.39 Å². The van der Waals surface area contributed by atoms with Crippen molar-refractivity contribution in [1.82, 2.24) is 20.4 Å². The van der Waals surface area contributed by atoms with Crippen molar-refractivity contribution in [2.75, 3.05) is 0 Å². The van der Waals surface area contributed by atoms with Crippen LogP contribution in [0.15, 0.2) is 53.3 Å². The van der Waals surface area contributed by atoms with Gasteiger partial charge in [-0.2, -0.15) is 4.98 Å². The minimum atomic E-state index is -0.375. The second-order valence-corrected chi connectivity index (χ2v) is 7.43. The lowest BCUT2D eigenvalue weighted by Crippen LogP contribution is -2.33. The Labute approximate surface area is 162 Å². The van der Waals surface area contributed by atoms with Gasteiger partial charge in [0.05, 0.1) is 0 Å². The maximum Gasteiger partial charge on any atom is 0.249 e. The first kappa shape index (κ1) is 18.3. The largest absolute Gasteiger partial charge is 0.344 e. The second-order valence-electron chi connectivity index (χ2n) is 7.43. The first-order chi connectivity index (χ1) is 13.5. The number of benzene rings is 1. The van der Waals surface area contributed by atoms with Gasteiger partial charge in [0.1, 0.15) is 11.9 Å². The third kappa shape index (κ3) is 3.78. The third-order valence-electron chi connectivity index (χ3n) is 5.02. The molecule has 0 spiro atoms. The zero-order chi connectivity index (χ0) is 19.7. The lowest BCUT2D eigenvalue weighted by molar-refractivity contribution is -0.123. The summed E-state index contributed by atoms with van der Waals surface area (Å²) >= 11 is 0. The number of hydrogen-bond acceptors (Lipinski definition) is 5. The van der Waals surface area contributed by atoms with Crippen molar-refractivity contribution in [3.63, 3.8) is 0 Å². The van der Waals surface area contributed by atoms with Crippen molar-refractivity contribution in [3.8, 4) is 11.4 Å². The standard InChI is InChI=1S/C21H21FN4O2/c1-12(2)18(21-25-19(26-28-21)14-4-3-9-23-11-14)24-20(27)17-10-16(17)13-5-7-15(22)8-6-13/h3-9,11-12,16-18H,10H2,1-2H3,(H,24,27). The van der Waals surface area contributed by atoms with Gasteiger partial charge >= 0.3 is 0 Å². The highest BCUT2D eigenvalue weighted by Gasteiger charge is 2.45. The molecule has 2 aromatic heterocycles. The van der Waals surface area contributed by atoms with Crippen LogP contribution in [-0.4, -0.2) is 21.0 Å². The van der Waals surface area contributed by atoms with E-state index in [2.05, 4.69) is 20.4 Å². The quantitative estimate of drug-likeness (QED) is 0.702. The number of nitrogens with zero attached hydrogens (tertiary/aromatic N) is 3. The lowest BCUT2D eigenvalue weighted by atomic mass is 10.0. The number of rotatable bonds is 6. The van der Waals surface area contributed by atoms with Crippen LogP contribution in [0, 0.1) is 17.7 Å². The van der Waals surface area contributed by atoms with Crippen LogP contribution in [0.5, 0.6) is 0 Å². The second kappa shape index (κ2) is 7.50. The van der Waals surface area contributed by atoms with Crippen molar-refractivity contribution in [2.24, 2.45) is 11.8 Å². The Morgan fingerprint density at radius 3 is 2.71 bits per heavy atom. The van der Waals surface area contributed by atoms with E-state index in [1.807, 2.05) is 19.9 Å². The Morgan fingerprint density at radius 2 is 2.04 bits per heavy atom. The van der Waals surface area contributed by atoms with Gasteiger partial charge in [-0.3, -0.25) is 9.78 Å². The normalized spacial score (nSPS) is 19.4. The Bertz CT molecular complexity index is 956. The molecule has 4 rings (SSSR count). The Hall–Kier alpha value is -3.09. The van der Waals surface area contributed by atoms with E-state index < -0.39 is 0 Å². The van der Waals surface area contributed by atoms with E-state index in [0.29, 0.717) is 11.7 Å². The zero-order valence-electron chi connectivity index (χ0n) is 15.7. The first-order valence-electron chi connectivity index (χ1n) is 9.32. The molecule has 1 aliphatic rings. The molecule has 3 atom stereocenters. The molecule has 1 aliphatic carbocycles. The van der Waals surface area contributed by atoms with E-state index in [1.54, 1.807) is 30.6 Å². The van der Waals surface area contributed by atoms with Gasteiger partial charge in [-0.15, -0.1) is 0 Å². The average Bonchev–Trinajstić information content (AvgIpc) is 3.35. The molecular formula is C21H21FN4O2. The van der Waals surface area contributed by atoms with Crippen molar-refractivity contribution in [2.45, 2.75) is 32.2 Å². The fourth-order valence-corrected chi connectivity index (χ4v) is 3.31. The van der Waals surface area contributed by atoms with E-state index in [9.17, 15) is 9.18 Å². The van der Waals surface area contributed by atoms with Crippen LogP contribution in [0.2, 0.25) is 0 Å². The molecule has 3 aromatic rings. The van der Waals surface area contributed by atoms with E-state index in [4.69, 9.17) is 4.52 Å². The molecule has 1 N–H and O–H groups in total. The molecule has 1 aromatic carbocycles. The van der Waals surface area contributed by atoms with Crippen molar-refractivity contribution in [1.29, 1.82) is 0 Å². The van der Waals surface area contributed by atoms with E-state index in [1.165, 1.54) is 12.1 Å². The average molecular weight is 380 g/mol. The van der Waals surface area contributed by atoms with Gasteiger partial charge in [0.2, 0.25) is 17.6 Å². The van der Waals surface area contributed by atoms with Crippen LogP contribution in [0.3, 0.4) is 0 Å². The van der Waals surface area contributed by atoms with Crippen LogP contribution in [-0.2, 0) is 4.79 Å². The van der Waals surface area contributed by atoms with Gasteiger partial charge in [-0.05, 0) is 48.1 Å².